The van der Waals surface area contributed by atoms with Gasteiger partial charge in [-0.15, -0.1) is 5.10 Å². The molecule has 2 aromatic carbocycles. The molecule has 1 N–H and O–H groups in total. The van der Waals surface area contributed by atoms with E-state index in [0.717, 1.165) is 28.9 Å². The van der Waals surface area contributed by atoms with Crippen LogP contribution in [0.2, 0.25) is 0 Å². The van der Waals surface area contributed by atoms with E-state index in [9.17, 15) is 9.59 Å². The number of aromatic amines is 1. The Bertz CT molecular complexity index is 1920. The van der Waals surface area contributed by atoms with Crippen LogP contribution in [-0.4, -0.2) is 71.6 Å². The van der Waals surface area contributed by atoms with Crippen LogP contribution in [0.25, 0.3) is 27.6 Å². The molecule has 2 amide bonds. The number of benzene rings is 2. The first-order chi connectivity index (χ1) is 21.9. The Balaban J connectivity index is 0.00000372. The van der Waals surface area contributed by atoms with Crippen molar-refractivity contribution in [2.45, 2.75) is 45.9 Å². The van der Waals surface area contributed by atoms with Crippen LogP contribution in [0, 0.1) is 5.82 Å². The van der Waals surface area contributed by atoms with Gasteiger partial charge in [-0.05, 0) is 42.7 Å². The number of hydrogen-bond donors (Lipinski definition) is 1. The Morgan fingerprint density at radius 2 is 1.93 bits per heavy atom. The Hall–Kier alpha value is -5.26. The minimum atomic E-state index is -0.463. The molecule has 7 rings (SSSR count). The zero-order valence-electron chi connectivity index (χ0n) is 25.2. The number of para-hydroxylation sites is 1. The first kappa shape index (κ1) is 28.5. The molecule has 2 aliphatic rings. The number of halogens is 1. The number of methoxy groups -OCH3 is 1. The number of carbonyl (C=O) groups excluding carboxylic acids is 2. The lowest BCUT2D eigenvalue weighted by Crippen LogP contribution is -2.36. The quantitative estimate of drug-likeness (QED) is 0.268. The minimum Gasteiger partial charge on any atom is -0.496 e. The second kappa shape index (κ2) is 11.7. The molecule has 45 heavy (non-hydrogen) atoms. The van der Waals surface area contributed by atoms with Crippen LogP contribution >= 0.6 is 0 Å². The fourth-order valence-corrected chi connectivity index (χ4v) is 6.26. The molecular weight excluding hydrogens is 575 g/mol. The molecule has 0 fully saturated rings. The third kappa shape index (κ3) is 5.26. The van der Waals surface area contributed by atoms with Gasteiger partial charge in [0, 0.05) is 68.5 Å². The topological polar surface area (TPSA) is 114 Å². The summed E-state index contributed by atoms with van der Waals surface area (Å²) >= 11 is 0. The average molecular weight is 611 g/mol. The molecule has 0 bridgehead atoms. The van der Waals surface area contributed by atoms with Crippen molar-refractivity contribution < 1.29 is 20.1 Å². The summed E-state index contributed by atoms with van der Waals surface area (Å²) in [6, 6.07) is 11.1. The zero-order valence-corrected chi connectivity index (χ0v) is 25.2. The molecular formula is C33H35FN8O3. The highest BCUT2D eigenvalue weighted by Gasteiger charge is 2.30. The number of H-pyrrole nitrogens is 1. The van der Waals surface area contributed by atoms with E-state index in [-0.39, 0.29) is 31.7 Å². The van der Waals surface area contributed by atoms with Crippen LogP contribution < -0.4 is 4.74 Å². The largest absolute Gasteiger partial charge is 0.496 e. The van der Waals surface area contributed by atoms with E-state index in [0.29, 0.717) is 60.6 Å². The van der Waals surface area contributed by atoms with Crippen molar-refractivity contribution in [2.75, 3.05) is 20.2 Å². The molecule has 12 heteroatoms. The highest BCUT2D eigenvalue weighted by atomic mass is 19.1. The maximum atomic E-state index is 16.5. The third-order valence-electron chi connectivity index (χ3n) is 8.59. The summed E-state index contributed by atoms with van der Waals surface area (Å²) < 4.78 is 25.7. The highest BCUT2D eigenvalue weighted by Crippen LogP contribution is 2.40. The first-order valence-corrected chi connectivity index (χ1v) is 15.1. The van der Waals surface area contributed by atoms with Crippen molar-refractivity contribution in [1.82, 2.24) is 39.6 Å². The van der Waals surface area contributed by atoms with Gasteiger partial charge >= 0.3 is 0 Å². The van der Waals surface area contributed by atoms with Crippen LogP contribution in [0.3, 0.4) is 0 Å². The lowest BCUT2D eigenvalue weighted by atomic mass is 9.93. The Kier molecular flexibility index (Phi) is 7.40. The number of amides is 2. The number of rotatable bonds is 8. The van der Waals surface area contributed by atoms with E-state index in [4.69, 9.17) is 4.74 Å². The maximum absolute atomic E-state index is 16.5. The van der Waals surface area contributed by atoms with Gasteiger partial charge in [-0.3, -0.25) is 19.0 Å². The maximum Gasteiger partial charge on any atom is 0.270 e. The number of aryl methyl sites for hydroxylation is 2. The normalized spacial score (nSPS) is 14.6. The molecule has 0 saturated carbocycles. The molecule has 11 nitrogen and oxygen atoms in total. The van der Waals surface area contributed by atoms with Crippen LogP contribution in [-0.2, 0) is 31.0 Å². The summed E-state index contributed by atoms with van der Waals surface area (Å²) in [5, 5.41) is 12.9. The summed E-state index contributed by atoms with van der Waals surface area (Å²) in [7, 11) is 1.60. The number of nitrogens with one attached hydrogen (secondary N) is 1. The molecule has 0 aliphatic carbocycles. The van der Waals surface area contributed by atoms with Gasteiger partial charge < -0.3 is 19.5 Å². The van der Waals surface area contributed by atoms with Crippen LogP contribution in [0.15, 0.2) is 61.1 Å². The third-order valence-corrected chi connectivity index (χ3v) is 8.59. The highest BCUT2D eigenvalue weighted by molar-refractivity contribution is 6.05. The summed E-state index contributed by atoms with van der Waals surface area (Å²) in [5.41, 5.74) is 5.04. The molecule has 5 heterocycles. The molecule has 0 unspecified atom stereocenters. The Morgan fingerprint density at radius 1 is 1.07 bits per heavy atom. The minimum absolute atomic E-state index is 0. The van der Waals surface area contributed by atoms with Crippen LogP contribution in [0.5, 0.6) is 5.75 Å². The van der Waals surface area contributed by atoms with Crippen molar-refractivity contribution in [2.24, 2.45) is 0 Å². The first-order valence-electron chi connectivity index (χ1n) is 15.1. The van der Waals surface area contributed by atoms with Gasteiger partial charge in [0.25, 0.3) is 5.91 Å². The van der Waals surface area contributed by atoms with Crippen molar-refractivity contribution >= 4 is 28.3 Å². The smallest absolute Gasteiger partial charge is 0.270 e. The number of aromatic nitrogens is 6. The van der Waals surface area contributed by atoms with E-state index in [1.807, 2.05) is 54.2 Å². The molecule has 232 valence electrons. The predicted octanol–water partition coefficient (Wildman–Crippen LogP) is 4.90. The van der Waals surface area contributed by atoms with Gasteiger partial charge in [0.1, 0.15) is 11.4 Å². The van der Waals surface area contributed by atoms with Gasteiger partial charge in [0.2, 0.25) is 5.91 Å². The number of ether oxygens (including phenoxy) is 1. The van der Waals surface area contributed by atoms with Crippen molar-refractivity contribution in [3.05, 3.63) is 89.4 Å². The summed E-state index contributed by atoms with van der Waals surface area (Å²) in [4.78, 5) is 33.4. The molecule has 0 saturated heterocycles. The second-order valence-electron chi connectivity index (χ2n) is 11.3. The van der Waals surface area contributed by atoms with Crippen molar-refractivity contribution in [3.63, 3.8) is 0 Å². The van der Waals surface area contributed by atoms with Crippen molar-refractivity contribution in [1.29, 1.82) is 0 Å². The van der Waals surface area contributed by atoms with Gasteiger partial charge in [-0.2, -0.15) is 5.10 Å². The molecule has 3 aromatic heterocycles. The molecule has 0 spiro atoms. The zero-order chi connectivity index (χ0) is 31.1. The summed E-state index contributed by atoms with van der Waals surface area (Å²) in [6.45, 7) is 4.89. The van der Waals surface area contributed by atoms with Crippen LogP contribution in [0.4, 0.5) is 4.39 Å². The van der Waals surface area contributed by atoms with Crippen molar-refractivity contribution in [3.8, 4) is 16.9 Å². The second-order valence-corrected chi connectivity index (χ2v) is 11.3. The standard InChI is InChI=1S/C33H33FN8O3.H2/c1-3-41-19-22-18-40(20-28(22)37-41)33(44)27-16-26-25(23-8-4-5-9-29(23)45-2)15-24(31(34)32(26)36-27)21-7-6-12-39(17-21)30(43)10-13-42-14-11-35-38-42;/h4-5,7-9,11,14-16,19,36H,3,6,10,12-13,17-18,20H2,1-2H3;1H. The Morgan fingerprint density at radius 3 is 2.71 bits per heavy atom. The lowest BCUT2D eigenvalue weighted by molar-refractivity contribution is -0.131. The van der Waals surface area contributed by atoms with Gasteiger partial charge in [0.05, 0.1) is 37.6 Å². The summed E-state index contributed by atoms with van der Waals surface area (Å²) in [6.07, 6.45) is 8.12. The fraction of sp³-hybridized carbons (Fsp3) is 0.303. The lowest BCUT2D eigenvalue weighted by Gasteiger charge is -2.28. The average Bonchev–Trinajstić information content (AvgIpc) is 3.88. The van der Waals surface area contributed by atoms with E-state index >= 15 is 4.39 Å². The monoisotopic (exact) mass is 610 g/mol. The van der Waals surface area contributed by atoms with Gasteiger partial charge in [0.15, 0.2) is 5.82 Å². The number of carbonyl (C=O) groups is 2. The molecule has 0 radical (unpaired) electrons. The van der Waals surface area contributed by atoms with E-state index in [2.05, 4.69) is 20.4 Å². The molecule has 5 aromatic rings. The predicted molar refractivity (Wildman–Crippen MR) is 168 cm³/mol. The fourth-order valence-electron chi connectivity index (χ4n) is 6.26. The summed E-state index contributed by atoms with van der Waals surface area (Å²) in [5.74, 6) is -0.0896. The van der Waals surface area contributed by atoms with Gasteiger partial charge in [-0.1, -0.05) is 29.5 Å². The molecule has 2 aliphatic heterocycles. The number of fused-ring (bicyclic) bond motifs is 2. The van der Waals surface area contributed by atoms with E-state index < -0.39 is 5.82 Å². The van der Waals surface area contributed by atoms with E-state index in [1.165, 1.54) is 0 Å². The van der Waals surface area contributed by atoms with Crippen LogP contribution in [0.1, 0.15) is 48.5 Å². The SMILES string of the molecule is CCn1cc2c(n1)CN(C(=O)c1cc3c(-c4ccccc4OC)cc(C4=CCCN(C(=O)CCn5ccnn5)C4)c(F)c3[nH]1)C2.[HH]. The van der Waals surface area contributed by atoms with E-state index in [1.54, 1.807) is 40.1 Å². The number of nitrogens with zero attached hydrogens (tertiary/aromatic N) is 7. The van der Waals surface area contributed by atoms with Gasteiger partial charge in [-0.25, -0.2) is 4.39 Å². The Labute approximate surface area is 260 Å². The molecule has 0 atom stereocenters. The number of hydrogen-bond acceptors (Lipinski definition) is 6.